The number of carboxylic acid groups (broad SMARTS) is 1. The molecule has 0 aliphatic heterocycles. The van der Waals surface area contributed by atoms with Gasteiger partial charge in [-0.3, -0.25) is 9.48 Å². The molecule has 96 valence electrons. The summed E-state index contributed by atoms with van der Waals surface area (Å²) in [4.78, 5) is 10.5. The van der Waals surface area contributed by atoms with E-state index in [1.165, 1.54) is 0 Å². The summed E-state index contributed by atoms with van der Waals surface area (Å²) in [5.41, 5.74) is 1.88. The van der Waals surface area contributed by atoms with Crippen LogP contribution in [0.3, 0.4) is 0 Å². The molecule has 0 aliphatic carbocycles. The predicted molar refractivity (Wildman–Crippen MR) is 66.3 cm³/mol. The summed E-state index contributed by atoms with van der Waals surface area (Å²) in [6.45, 7) is 1.95. The zero-order chi connectivity index (χ0) is 13.3. The number of aliphatic carboxylic acids is 1. The highest BCUT2D eigenvalue weighted by Gasteiger charge is 2.16. The van der Waals surface area contributed by atoms with Crippen LogP contribution in [0.2, 0.25) is 0 Å². The zero-order valence-corrected chi connectivity index (χ0v) is 11.1. The van der Waals surface area contributed by atoms with Gasteiger partial charge in [0.25, 0.3) is 0 Å². The van der Waals surface area contributed by atoms with Crippen LogP contribution in [0.25, 0.3) is 11.4 Å². The third-order valence-electron chi connectivity index (χ3n) is 2.64. The molecular weight excluding hydrogens is 254 g/mol. The van der Waals surface area contributed by atoms with E-state index in [1.54, 1.807) is 15.4 Å². The van der Waals surface area contributed by atoms with Gasteiger partial charge in [-0.2, -0.15) is 5.10 Å². The van der Waals surface area contributed by atoms with Crippen LogP contribution in [0.15, 0.2) is 11.4 Å². The van der Waals surface area contributed by atoms with Crippen molar-refractivity contribution in [1.82, 2.24) is 24.5 Å². The highest BCUT2D eigenvalue weighted by atomic mass is 32.2. The fourth-order valence-corrected chi connectivity index (χ4v) is 2.15. The average molecular weight is 267 g/mol. The molecule has 0 radical (unpaired) electrons. The Morgan fingerprint density at radius 3 is 2.72 bits per heavy atom. The lowest BCUT2D eigenvalue weighted by atomic mass is 10.2. The molecule has 0 amide bonds. The SMILES string of the molecule is Cc1c(-c2nnc(SCC(=O)O)n2C)cnn1C. The van der Waals surface area contributed by atoms with Crippen LogP contribution in [0.5, 0.6) is 0 Å². The molecule has 2 rings (SSSR count). The number of nitrogens with zero attached hydrogens (tertiary/aromatic N) is 5. The molecule has 1 N–H and O–H groups in total. The van der Waals surface area contributed by atoms with Crippen molar-refractivity contribution in [3.8, 4) is 11.4 Å². The van der Waals surface area contributed by atoms with Crippen molar-refractivity contribution in [3.05, 3.63) is 11.9 Å². The normalized spacial score (nSPS) is 10.8. The molecule has 18 heavy (non-hydrogen) atoms. The van der Waals surface area contributed by atoms with E-state index >= 15 is 0 Å². The number of hydrogen-bond donors (Lipinski definition) is 1. The minimum absolute atomic E-state index is 0.0298. The highest BCUT2D eigenvalue weighted by molar-refractivity contribution is 7.99. The number of aryl methyl sites for hydroxylation is 1. The Labute approximate surface area is 108 Å². The molecule has 2 aromatic rings. The third-order valence-corrected chi connectivity index (χ3v) is 3.64. The van der Waals surface area contributed by atoms with Crippen molar-refractivity contribution >= 4 is 17.7 Å². The topological polar surface area (TPSA) is 85.8 Å². The Morgan fingerprint density at radius 2 is 2.17 bits per heavy atom. The van der Waals surface area contributed by atoms with Crippen molar-refractivity contribution in [3.63, 3.8) is 0 Å². The lowest BCUT2D eigenvalue weighted by molar-refractivity contribution is -0.133. The molecule has 0 aromatic carbocycles. The van der Waals surface area contributed by atoms with Gasteiger partial charge in [0.1, 0.15) is 0 Å². The molecule has 0 aliphatic rings. The highest BCUT2D eigenvalue weighted by Crippen LogP contribution is 2.24. The van der Waals surface area contributed by atoms with Crippen LogP contribution < -0.4 is 0 Å². The number of thioether (sulfide) groups is 1. The van der Waals surface area contributed by atoms with Crippen LogP contribution in [0.1, 0.15) is 5.69 Å². The summed E-state index contributed by atoms with van der Waals surface area (Å²) in [5.74, 6) is -0.214. The summed E-state index contributed by atoms with van der Waals surface area (Å²) in [6.07, 6.45) is 1.73. The van der Waals surface area contributed by atoms with Gasteiger partial charge in [0.05, 0.1) is 17.5 Å². The van der Waals surface area contributed by atoms with Gasteiger partial charge in [-0.1, -0.05) is 11.8 Å². The second-order valence-corrected chi connectivity index (χ2v) is 4.76. The van der Waals surface area contributed by atoms with E-state index in [0.29, 0.717) is 11.0 Å². The maximum Gasteiger partial charge on any atom is 0.313 e. The van der Waals surface area contributed by atoms with Gasteiger partial charge < -0.3 is 9.67 Å². The van der Waals surface area contributed by atoms with Crippen LogP contribution >= 0.6 is 11.8 Å². The van der Waals surface area contributed by atoms with Crippen LogP contribution in [-0.2, 0) is 18.9 Å². The largest absolute Gasteiger partial charge is 0.481 e. The van der Waals surface area contributed by atoms with E-state index in [9.17, 15) is 4.79 Å². The lowest BCUT2D eigenvalue weighted by Crippen LogP contribution is -2.01. The molecule has 8 heteroatoms. The van der Waals surface area contributed by atoms with Crippen molar-refractivity contribution < 1.29 is 9.90 Å². The second kappa shape index (κ2) is 4.81. The lowest BCUT2D eigenvalue weighted by Gasteiger charge is -2.02. The minimum Gasteiger partial charge on any atom is -0.481 e. The van der Waals surface area contributed by atoms with Crippen LogP contribution in [0.4, 0.5) is 0 Å². The molecule has 0 saturated carbocycles. The molecule has 0 bridgehead atoms. The van der Waals surface area contributed by atoms with E-state index < -0.39 is 5.97 Å². The fraction of sp³-hybridized carbons (Fsp3) is 0.400. The Morgan fingerprint density at radius 1 is 1.44 bits per heavy atom. The molecule has 0 fully saturated rings. The van der Waals surface area contributed by atoms with Crippen molar-refractivity contribution in [2.75, 3.05) is 5.75 Å². The summed E-state index contributed by atoms with van der Waals surface area (Å²) < 4.78 is 3.53. The number of carbonyl (C=O) groups is 1. The molecule has 7 nitrogen and oxygen atoms in total. The fourth-order valence-electron chi connectivity index (χ4n) is 1.52. The first-order valence-corrected chi connectivity index (χ1v) is 6.22. The molecule has 0 atom stereocenters. The smallest absolute Gasteiger partial charge is 0.313 e. The first kappa shape index (κ1) is 12.6. The monoisotopic (exact) mass is 267 g/mol. The van der Waals surface area contributed by atoms with Crippen molar-refractivity contribution in [2.45, 2.75) is 12.1 Å². The van der Waals surface area contributed by atoms with Crippen LogP contribution in [-0.4, -0.2) is 41.4 Å². The quantitative estimate of drug-likeness (QED) is 0.821. The molecule has 0 saturated heterocycles. The Bertz CT molecular complexity index is 589. The summed E-state index contributed by atoms with van der Waals surface area (Å²) in [6, 6.07) is 0. The zero-order valence-electron chi connectivity index (χ0n) is 10.3. The van der Waals surface area contributed by atoms with Gasteiger partial charge in [0, 0.05) is 19.8 Å². The van der Waals surface area contributed by atoms with E-state index in [4.69, 9.17) is 5.11 Å². The third kappa shape index (κ3) is 2.23. The minimum atomic E-state index is -0.873. The van der Waals surface area contributed by atoms with Gasteiger partial charge in [0.15, 0.2) is 11.0 Å². The first-order valence-electron chi connectivity index (χ1n) is 5.23. The standard InChI is InChI=1S/C10H13N5O2S/c1-6-7(4-11-15(6)3)9-12-13-10(14(9)2)18-5-8(16)17/h4H,5H2,1-3H3,(H,16,17). The Hall–Kier alpha value is -1.83. The number of aromatic nitrogens is 5. The Kier molecular flexibility index (Phi) is 3.37. The molecule has 0 unspecified atom stereocenters. The van der Waals surface area contributed by atoms with Gasteiger partial charge >= 0.3 is 5.97 Å². The molecular formula is C10H13N5O2S. The van der Waals surface area contributed by atoms with Crippen molar-refractivity contribution in [1.29, 1.82) is 0 Å². The van der Waals surface area contributed by atoms with Crippen molar-refractivity contribution in [2.24, 2.45) is 14.1 Å². The summed E-state index contributed by atoms with van der Waals surface area (Å²) in [5, 5.41) is 21.5. The molecule has 0 spiro atoms. The summed E-state index contributed by atoms with van der Waals surface area (Å²) >= 11 is 1.15. The van der Waals surface area contributed by atoms with Gasteiger partial charge in [-0.25, -0.2) is 0 Å². The average Bonchev–Trinajstić information content (AvgIpc) is 2.82. The predicted octanol–water partition coefficient (Wildman–Crippen LogP) is 0.701. The number of hydrogen-bond acceptors (Lipinski definition) is 5. The number of carboxylic acids is 1. The summed E-state index contributed by atoms with van der Waals surface area (Å²) in [7, 11) is 3.67. The van der Waals surface area contributed by atoms with E-state index in [-0.39, 0.29) is 5.75 Å². The number of rotatable bonds is 4. The van der Waals surface area contributed by atoms with E-state index in [2.05, 4.69) is 15.3 Å². The second-order valence-electron chi connectivity index (χ2n) is 3.81. The van der Waals surface area contributed by atoms with Gasteiger partial charge in [-0.15, -0.1) is 10.2 Å². The van der Waals surface area contributed by atoms with Gasteiger partial charge in [0.2, 0.25) is 0 Å². The van der Waals surface area contributed by atoms with E-state index in [1.807, 2.05) is 21.0 Å². The van der Waals surface area contributed by atoms with E-state index in [0.717, 1.165) is 23.0 Å². The van der Waals surface area contributed by atoms with Gasteiger partial charge in [-0.05, 0) is 6.92 Å². The maximum atomic E-state index is 10.5. The first-order chi connectivity index (χ1) is 8.50. The maximum absolute atomic E-state index is 10.5. The Balaban J connectivity index is 2.31. The molecule has 2 aromatic heterocycles. The van der Waals surface area contributed by atoms with Crippen LogP contribution in [0, 0.1) is 6.92 Å². The molecule has 2 heterocycles.